The highest BCUT2D eigenvalue weighted by atomic mass is 16.5. The first-order valence-electron chi connectivity index (χ1n) is 6.66. The molecule has 0 spiro atoms. The Morgan fingerprint density at radius 2 is 2.12 bits per heavy atom. The average molecular weight is 239 g/mol. The molecule has 0 radical (unpaired) electrons. The van der Waals surface area contributed by atoms with Crippen molar-refractivity contribution < 1.29 is 9.84 Å². The molecular formula is C14H25NO2. The molecule has 1 aliphatic carbocycles. The Bertz CT molecular complexity index is 229. The molecule has 0 heterocycles. The number of terminal acetylenes is 1. The second-order valence-electron chi connectivity index (χ2n) is 5.03. The molecule has 0 aromatic carbocycles. The number of hydrogen-bond acceptors (Lipinski definition) is 3. The van der Waals surface area contributed by atoms with E-state index < -0.39 is 6.10 Å². The highest BCUT2D eigenvalue weighted by Crippen LogP contribution is 2.25. The maximum atomic E-state index is 9.69. The predicted octanol–water partition coefficient (Wildman–Crippen LogP) is 1.56. The smallest absolute Gasteiger partial charge is 0.0897 e. The van der Waals surface area contributed by atoms with Gasteiger partial charge in [0.05, 0.1) is 18.8 Å². The third-order valence-corrected chi connectivity index (χ3v) is 3.31. The second kappa shape index (κ2) is 8.52. The Morgan fingerprint density at radius 1 is 1.41 bits per heavy atom. The molecule has 17 heavy (non-hydrogen) atoms. The summed E-state index contributed by atoms with van der Waals surface area (Å²) in [5.74, 6) is 3.39. The minimum atomic E-state index is -0.424. The van der Waals surface area contributed by atoms with Gasteiger partial charge in [-0.1, -0.05) is 6.92 Å². The molecule has 98 valence electrons. The number of hydrogen-bond donors (Lipinski definition) is 2. The zero-order valence-corrected chi connectivity index (χ0v) is 10.8. The summed E-state index contributed by atoms with van der Waals surface area (Å²) in [4.78, 5) is 0. The minimum Gasteiger partial charge on any atom is -0.389 e. The largest absolute Gasteiger partial charge is 0.389 e. The lowest BCUT2D eigenvalue weighted by Gasteiger charge is -2.27. The molecule has 0 aromatic rings. The van der Waals surface area contributed by atoms with Crippen molar-refractivity contribution in [3.63, 3.8) is 0 Å². The summed E-state index contributed by atoms with van der Waals surface area (Å²) >= 11 is 0. The molecule has 0 bridgehead atoms. The molecule has 0 saturated heterocycles. The van der Waals surface area contributed by atoms with E-state index in [0.717, 1.165) is 25.3 Å². The van der Waals surface area contributed by atoms with Gasteiger partial charge in [-0.3, -0.25) is 0 Å². The monoisotopic (exact) mass is 239 g/mol. The zero-order chi connectivity index (χ0) is 12.5. The second-order valence-corrected chi connectivity index (χ2v) is 5.03. The van der Waals surface area contributed by atoms with Gasteiger partial charge in [-0.05, 0) is 31.6 Å². The van der Waals surface area contributed by atoms with Crippen LogP contribution in [0.25, 0.3) is 0 Å². The lowest BCUT2D eigenvalue weighted by molar-refractivity contribution is -0.0277. The van der Waals surface area contributed by atoms with Crippen LogP contribution in [-0.4, -0.2) is 37.0 Å². The lowest BCUT2D eigenvalue weighted by atomic mass is 9.89. The Balaban J connectivity index is 1.99. The van der Waals surface area contributed by atoms with Crippen LogP contribution in [0.5, 0.6) is 0 Å². The highest BCUT2D eigenvalue weighted by molar-refractivity contribution is 4.84. The molecular weight excluding hydrogens is 214 g/mol. The molecule has 1 aliphatic rings. The molecule has 1 rings (SSSR count). The fraction of sp³-hybridized carbons (Fsp3) is 0.857. The molecule has 3 nitrogen and oxygen atoms in total. The van der Waals surface area contributed by atoms with Crippen molar-refractivity contribution in [2.24, 2.45) is 5.92 Å². The Morgan fingerprint density at radius 3 is 2.76 bits per heavy atom. The van der Waals surface area contributed by atoms with E-state index >= 15 is 0 Å². The summed E-state index contributed by atoms with van der Waals surface area (Å²) in [5.41, 5.74) is 0. The summed E-state index contributed by atoms with van der Waals surface area (Å²) < 4.78 is 5.72. The summed E-state index contributed by atoms with van der Waals surface area (Å²) in [5, 5.41) is 12.8. The number of aliphatic hydroxyl groups excluding tert-OH is 1. The molecule has 1 unspecified atom stereocenters. The van der Waals surface area contributed by atoms with Crippen LogP contribution in [0.2, 0.25) is 0 Å². The molecule has 3 heteroatoms. The maximum Gasteiger partial charge on any atom is 0.0897 e. The van der Waals surface area contributed by atoms with Crippen molar-refractivity contribution in [1.29, 1.82) is 0 Å². The van der Waals surface area contributed by atoms with Crippen LogP contribution >= 0.6 is 0 Å². The number of ether oxygens (including phenoxy) is 1. The summed E-state index contributed by atoms with van der Waals surface area (Å²) in [6, 6.07) is 0. The first kappa shape index (κ1) is 14.5. The molecule has 0 amide bonds. The van der Waals surface area contributed by atoms with Crippen LogP contribution in [0.1, 0.15) is 39.0 Å². The van der Waals surface area contributed by atoms with E-state index in [9.17, 15) is 5.11 Å². The van der Waals surface area contributed by atoms with Crippen molar-refractivity contribution in [1.82, 2.24) is 5.32 Å². The van der Waals surface area contributed by atoms with Gasteiger partial charge in [0.2, 0.25) is 0 Å². The number of rotatable bonds is 7. The first-order valence-corrected chi connectivity index (χ1v) is 6.66. The van der Waals surface area contributed by atoms with Crippen molar-refractivity contribution >= 4 is 0 Å². The summed E-state index contributed by atoms with van der Waals surface area (Å²) in [6.45, 7) is 4.04. The fourth-order valence-corrected chi connectivity index (χ4v) is 2.13. The van der Waals surface area contributed by atoms with Gasteiger partial charge in [0, 0.05) is 19.5 Å². The maximum absolute atomic E-state index is 9.69. The molecule has 2 N–H and O–H groups in total. The van der Waals surface area contributed by atoms with Crippen LogP contribution in [0, 0.1) is 18.3 Å². The van der Waals surface area contributed by atoms with Gasteiger partial charge in [0.1, 0.15) is 0 Å². The Hall–Kier alpha value is -0.560. The van der Waals surface area contributed by atoms with Gasteiger partial charge in [0.25, 0.3) is 0 Å². The van der Waals surface area contributed by atoms with E-state index in [-0.39, 0.29) is 0 Å². The normalized spacial score (nSPS) is 26.4. The van der Waals surface area contributed by atoms with Crippen molar-refractivity contribution in [2.45, 2.75) is 51.2 Å². The molecule has 1 saturated carbocycles. The van der Waals surface area contributed by atoms with Gasteiger partial charge in [-0.15, -0.1) is 12.3 Å². The summed E-state index contributed by atoms with van der Waals surface area (Å²) in [7, 11) is 0. The van der Waals surface area contributed by atoms with Crippen molar-refractivity contribution in [3.8, 4) is 12.3 Å². The van der Waals surface area contributed by atoms with Crippen LogP contribution in [-0.2, 0) is 4.74 Å². The first-order chi connectivity index (χ1) is 8.22. The number of aliphatic hydroxyl groups is 1. The fourth-order valence-electron chi connectivity index (χ4n) is 2.13. The van der Waals surface area contributed by atoms with Gasteiger partial charge in [-0.25, -0.2) is 0 Å². The third kappa shape index (κ3) is 6.68. The third-order valence-electron chi connectivity index (χ3n) is 3.31. The Labute approximate surface area is 105 Å². The van der Waals surface area contributed by atoms with Gasteiger partial charge < -0.3 is 15.2 Å². The van der Waals surface area contributed by atoms with E-state index in [1.165, 1.54) is 12.8 Å². The minimum absolute atomic E-state index is 0.353. The molecule has 0 aromatic heterocycles. The molecule has 1 atom stereocenters. The Kier molecular flexibility index (Phi) is 7.27. The van der Waals surface area contributed by atoms with Gasteiger partial charge in [-0.2, -0.15) is 0 Å². The van der Waals surface area contributed by atoms with Crippen LogP contribution in [0.4, 0.5) is 0 Å². The van der Waals surface area contributed by atoms with E-state index in [0.29, 0.717) is 25.7 Å². The van der Waals surface area contributed by atoms with E-state index in [4.69, 9.17) is 11.2 Å². The predicted molar refractivity (Wildman–Crippen MR) is 69.7 cm³/mol. The lowest BCUT2D eigenvalue weighted by Crippen LogP contribution is -2.33. The standard InChI is InChI=1S/C14H25NO2/c1-3-4-9-15-10-13(16)11-17-14-7-5-12(2)6-8-14/h1,12-16H,4-11H2,2H3. The highest BCUT2D eigenvalue weighted by Gasteiger charge is 2.19. The van der Waals surface area contributed by atoms with Crippen molar-refractivity contribution in [2.75, 3.05) is 19.7 Å². The molecule has 0 aliphatic heterocycles. The van der Waals surface area contributed by atoms with Gasteiger partial charge >= 0.3 is 0 Å². The number of nitrogens with one attached hydrogen (secondary N) is 1. The summed E-state index contributed by atoms with van der Waals surface area (Å²) in [6.07, 6.45) is 10.5. The van der Waals surface area contributed by atoms with E-state index in [1.54, 1.807) is 0 Å². The van der Waals surface area contributed by atoms with Crippen LogP contribution < -0.4 is 5.32 Å². The van der Waals surface area contributed by atoms with Gasteiger partial charge in [0.15, 0.2) is 0 Å². The molecule has 1 fully saturated rings. The quantitative estimate of drug-likeness (QED) is 0.523. The average Bonchev–Trinajstić information content (AvgIpc) is 2.34. The van der Waals surface area contributed by atoms with Crippen LogP contribution in [0.15, 0.2) is 0 Å². The van der Waals surface area contributed by atoms with E-state index in [1.807, 2.05) is 0 Å². The van der Waals surface area contributed by atoms with Crippen LogP contribution in [0.3, 0.4) is 0 Å². The van der Waals surface area contributed by atoms with E-state index in [2.05, 4.69) is 18.2 Å². The van der Waals surface area contributed by atoms with Crippen molar-refractivity contribution in [3.05, 3.63) is 0 Å². The SMILES string of the molecule is C#CCCNCC(O)COC1CCC(C)CC1. The zero-order valence-electron chi connectivity index (χ0n) is 10.8. The topological polar surface area (TPSA) is 41.5 Å².